The predicted molar refractivity (Wildman–Crippen MR) is 112 cm³/mol. The lowest BCUT2D eigenvalue weighted by molar-refractivity contribution is 0.159. The maximum absolute atomic E-state index is 14.9. The van der Waals surface area contributed by atoms with Crippen LogP contribution in [0.4, 0.5) is 14.9 Å². The highest BCUT2D eigenvalue weighted by Crippen LogP contribution is 2.28. The fraction of sp³-hybridized carbons (Fsp3) is 0.208. The molecular weight excluding hydrogens is 367 g/mol. The van der Waals surface area contributed by atoms with Crippen LogP contribution in [0, 0.1) is 5.82 Å². The summed E-state index contributed by atoms with van der Waals surface area (Å²) in [5.41, 5.74) is 4.54. The van der Waals surface area contributed by atoms with Gasteiger partial charge in [0.1, 0.15) is 5.82 Å². The van der Waals surface area contributed by atoms with Gasteiger partial charge in [-0.1, -0.05) is 60.7 Å². The Morgan fingerprint density at radius 3 is 2.66 bits per heavy atom. The number of aliphatic hydroxyl groups excluding tert-OH is 1. The summed E-state index contributed by atoms with van der Waals surface area (Å²) in [5, 5.41) is 15.5. The van der Waals surface area contributed by atoms with Crippen LogP contribution in [0.25, 0.3) is 11.1 Å². The van der Waals surface area contributed by atoms with Crippen LogP contribution in [0.2, 0.25) is 0 Å². The maximum atomic E-state index is 14.9. The summed E-state index contributed by atoms with van der Waals surface area (Å²) in [6, 6.07) is 19.9. The van der Waals surface area contributed by atoms with Gasteiger partial charge in [0.25, 0.3) is 0 Å². The van der Waals surface area contributed by atoms with E-state index in [9.17, 15) is 14.3 Å². The average Bonchev–Trinajstić information content (AvgIpc) is 2.74. The summed E-state index contributed by atoms with van der Waals surface area (Å²) in [6.07, 6.45) is 1.67. The van der Waals surface area contributed by atoms with Gasteiger partial charge >= 0.3 is 6.03 Å². The number of aryl methyl sites for hydroxylation is 1. The topological polar surface area (TPSA) is 61.4 Å². The highest BCUT2D eigenvalue weighted by atomic mass is 19.1. The largest absolute Gasteiger partial charge is 0.393 e. The molecule has 2 amide bonds. The lowest BCUT2D eigenvalue weighted by Crippen LogP contribution is -2.30. The molecule has 0 heterocycles. The molecule has 0 aromatic heterocycles. The molecule has 1 atom stereocenters. The zero-order valence-electron chi connectivity index (χ0n) is 16.0. The number of nitrogens with one attached hydrogen (secondary N) is 2. The first-order valence-corrected chi connectivity index (χ1v) is 9.78. The molecule has 0 saturated heterocycles. The molecule has 29 heavy (non-hydrogen) atoms. The molecule has 0 radical (unpaired) electrons. The van der Waals surface area contributed by atoms with Crippen LogP contribution in [0.5, 0.6) is 0 Å². The van der Waals surface area contributed by atoms with Crippen molar-refractivity contribution in [3.8, 4) is 11.1 Å². The van der Waals surface area contributed by atoms with E-state index in [0.717, 1.165) is 29.5 Å². The molecule has 0 saturated carbocycles. The van der Waals surface area contributed by atoms with E-state index in [1.54, 1.807) is 18.2 Å². The number of carbonyl (C=O) groups is 1. The maximum Gasteiger partial charge on any atom is 0.319 e. The zero-order valence-corrected chi connectivity index (χ0v) is 16.0. The van der Waals surface area contributed by atoms with Crippen molar-refractivity contribution in [1.82, 2.24) is 5.32 Å². The van der Waals surface area contributed by atoms with E-state index in [0.29, 0.717) is 23.2 Å². The Balaban J connectivity index is 1.45. The zero-order chi connectivity index (χ0) is 20.2. The normalized spacial score (nSPS) is 15.4. The fourth-order valence-electron chi connectivity index (χ4n) is 3.79. The molecule has 0 bridgehead atoms. The molecule has 1 unspecified atom stereocenters. The van der Waals surface area contributed by atoms with E-state index in [2.05, 4.69) is 10.6 Å². The first-order valence-electron chi connectivity index (χ1n) is 9.78. The second kappa shape index (κ2) is 8.45. The van der Waals surface area contributed by atoms with E-state index in [4.69, 9.17) is 0 Å². The molecule has 148 valence electrons. The number of rotatable bonds is 4. The van der Waals surface area contributed by atoms with Gasteiger partial charge in [-0.2, -0.15) is 0 Å². The second-order valence-electron chi connectivity index (χ2n) is 7.29. The lowest BCUT2D eigenvalue weighted by atomic mass is 9.88. The van der Waals surface area contributed by atoms with Gasteiger partial charge < -0.3 is 15.7 Å². The molecule has 4 rings (SSSR count). The molecule has 1 aliphatic carbocycles. The van der Waals surface area contributed by atoms with Gasteiger partial charge in [0.15, 0.2) is 0 Å². The number of anilines is 1. The molecule has 3 N–H and O–H groups in total. The number of hydrogen-bond acceptors (Lipinski definition) is 2. The Hall–Kier alpha value is -3.18. The van der Waals surface area contributed by atoms with Gasteiger partial charge in [-0.25, -0.2) is 9.18 Å². The smallest absolute Gasteiger partial charge is 0.319 e. The van der Waals surface area contributed by atoms with Crippen molar-refractivity contribution in [2.75, 3.05) is 5.32 Å². The summed E-state index contributed by atoms with van der Waals surface area (Å²) in [4.78, 5) is 12.4. The number of carbonyl (C=O) groups excluding carboxylic acids is 1. The fourth-order valence-corrected chi connectivity index (χ4v) is 3.79. The third-order valence-electron chi connectivity index (χ3n) is 5.31. The van der Waals surface area contributed by atoms with E-state index in [1.165, 1.54) is 0 Å². The molecule has 1 aliphatic rings. The summed E-state index contributed by atoms with van der Waals surface area (Å²) in [7, 11) is 0. The molecular formula is C24H23FN2O2. The van der Waals surface area contributed by atoms with Crippen LogP contribution < -0.4 is 10.6 Å². The van der Waals surface area contributed by atoms with Gasteiger partial charge in [-0.05, 0) is 35.6 Å². The lowest BCUT2D eigenvalue weighted by Gasteiger charge is -2.23. The first kappa shape index (κ1) is 19.2. The molecule has 4 nitrogen and oxygen atoms in total. The highest BCUT2D eigenvalue weighted by Gasteiger charge is 2.20. The Morgan fingerprint density at radius 1 is 1.03 bits per heavy atom. The van der Waals surface area contributed by atoms with Crippen LogP contribution in [0.1, 0.15) is 23.1 Å². The van der Waals surface area contributed by atoms with Crippen LogP contribution >= 0.6 is 0 Å². The molecule has 0 fully saturated rings. The molecule has 3 aromatic carbocycles. The van der Waals surface area contributed by atoms with Crippen LogP contribution in [-0.2, 0) is 19.4 Å². The molecule has 0 spiro atoms. The third kappa shape index (κ3) is 4.30. The van der Waals surface area contributed by atoms with Crippen molar-refractivity contribution < 1.29 is 14.3 Å². The van der Waals surface area contributed by atoms with Crippen molar-refractivity contribution >= 4 is 11.7 Å². The van der Waals surface area contributed by atoms with Gasteiger partial charge in [0.2, 0.25) is 0 Å². The van der Waals surface area contributed by atoms with Crippen molar-refractivity contribution in [2.24, 2.45) is 0 Å². The van der Waals surface area contributed by atoms with Gasteiger partial charge in [0.05, 0.1) is 6.10 Å². The van der Waals surface area contributed by atoms with Crippen molar-refractivity contribution in [3.63, 3.8) is 0 Å². The number of urea groups is 1. The quantitative estimate of drug-likeness (QED) is 0.607. The molecule has 3 aromatic rings. The second-order valence-corrected chi connectivity index (χ2v) is 7.29. The summed E-state index contributed by atoms with van der Waals surface area (Å²) in [5.74, 6) is -0.334. The van der Waals surface area contributed by atoms with E-state index in [1.807, 2.05) is 48.5 Å². The Morgan fingerprint density at radius 2 is 1.83 bits per heavy atom. The van der Waals surface area contributed by atoms with Crippen LogP contribution in [0.15, 0.2) is 66.7 Å². The third-order valence-corrected chi connectivity index (χ3v) is 5.31. The van der Waals surface area contributed by atoms with Gasteiger partial charge in [0, 0.05) is 29.8 Å². The summed E-state index contributed by atoms with van der Waals surface area (Å²) in [6.45, 7) is 0.0794. The number of amides is 2. The van der Waals surface area contributed by atoms with E-state index < -0.39 is 6.03 Å². The number of benzene rings is 3. The van der Waals surface area contributed by atoms with Gasteiger partial charge in [-0.3, -0.25) is 0 Å². The number of aliphatic hydroxyl groups is 1. The standard InChI is InChI=1S/C24H23FN2O2/c25-23-18(9-4-10-20(23)16-6-2-1-3-7-16)15-26-24(29)27-22-11-5-8-17-12-13-19(28)14-21(17)22/h1-11,19,28H,12-15H2,(H2,26,27,29). The minimum Gasteiger partial charge on any atom is -0.393 e. The van der Waals surface area contributed by atoms with E-state index in [-0.39, 0.29) is 18.5 Å². The Kier molecular flexibility index (Phi) is 5.58. The van der Waals surface area contributed by atoms with Crippen molar-refractivity contribution in [3.05, 3.63) is 89.2 Å². The number of halogens is 1. The minimum atomic E-state index is -0.400. The van der Waals surface area contributed by atoms with Crippen molar-refractivity contribution in [2.45, 2.75) is 31.9 Å². The van der Waals surface area contributed by atoms with E-state index >= 15 is 0 Å². The average molecular weight is 390 g/mol. The number of hydrogen-bond donors (Lipinski definition) is 3. The van der Waals surface area contributed by atoms with Crippen LogP contribution in [0.3, 0.4) is 0 Å². The van der Waals surface area contributed by atoms with Gasteiger partial charge in [-0.15, -0.1) is 0 Å². The first-order chi connectivity index (χ1) is 14.1. The summed E-state index contributed by atoms with van der Waals surface area (Å²) < 4.78 is 14.9. The van der Waals surface area contributed by atoms with Crippen LogP contribution in [-0.4, -0.2) is 17.2 Å². The number of fused-ring (bicyclic) bond motifs is 1. The highest BCUT2D eigenvalue weighted by molar-refractivity contribution is 5.90. The SMILES string of the molecule is O=C(NCc1cccc(-c2ccccc2)c1F)Nc1cccc2c1CC(O)CC2. The minimum absolute atomic E-state index is 0.0794. The summed E-state index contributed by atoms with van der Waals surface area (Å²) >= 11 is 0. The predicted octanol–water partition coefficient (Wildman–Crippen LogP) is 4.66. The molecule has 5 heteroatoms. The molecule has 0 aliphatic heterocycles. The van der Waals surface area contributed by atoms with Crippen molar-refractivity contribution in [1.29, 1.82) is 0 Å². The Labute approximate surface area is 169 Å². The Bertz CT molecular complexity index is 1020. The monoisotopic (exact) mass is 390 g/mol.